The number of azo groups is 1. The van der Waals surface area contributed by atoms with Gasteiger partial charge in [0.15, 0.2) is 5.69 Å². The van der Waals surface area contributed by atoms with Crippen molar-refractivity contribution in [1.82, 2.24) is 4.57 Å². The van der Waals surface area contributed by atoms with Crippen molar-refractivity contribution in [2.45, 2.75) is 20.4 Å². The fourth-order valence-corrected chi connectivity index (χ4v) is 2.11. The molecule has 0 saturated heterocycles. The Balaban J connectivity index is 2.52. The van der Waals surface area contributed by atoms with Gasteiger partial charge in [0.1, 0.15) is 17.4 Å². The van der Waals surface area contributed by atoms with Gasteiger partial charge in [0.25, 0.3) is 5.56 Å². The molecule has 2 rings (SSSR count). The molecule has 1 aromatic heterocycles. The monoisotopic (exact) mass is 312 g/mol. The molecular weight excluding hydrogens is 296 g/mol. The second kappa shape index (κ2) is 6.75. The first-order valence-electron chi connectivity index (χ1n) is 6.95. The Bertz CT molecular complexity index is 846. The third-order valence-corrected chi connectivity index (χ3v) is 3.42. The van der Waals surface area contributed by atoms with Crippen molar-refractivity contribution in [1.29, 1.82) is 5.26 Å². The molecule has 0 bridgehead atoms. The van der Waals surface area contributed by atoms with E-state index >= 15 is 0 Å². The van der Waals surface area contributed by atoms with Crippen LogP contribution in [0, 0.1) is 18.3 Å². The number of ether oxygens (including phenoxy) is 1. The lowest BCUT2D eigenvalue weighted by atomic mass is 10.1. The van der Waals surface area contributed by atoms with Crippen LogP contribution in [0.3, 0.4) is 0 Å². The van der Waals surface area contributed by atoms with E-state index in [0.29, 0.717) is 17.0 Å². The van der Waals surface area contributed by atoms with Gasteiger partial charge >= 0.3 is 0 Å². The van der Waals surface area contributed by atoms with Crippen LogP contribution in [-0.4, -0.2) is 16.8 Å². The maximum absolute atomic E-state index is 12.1. The highest BCUT2D eigenvalue weighted by Gasteiger charge is 2.18. The van der Waals surface area contributed by atoms with Gasteiger partial charge in [0, 0.05) is 12.1 Å². The van der Waals surface area contributed by atoms with Gasteiger partial charge < -0.3 is 9.84 Å². The topological polar surface area (TPSA) is 100.0 Å². The van der Waals surface area contributed by atoms with Gasteiger partial charge in [0.05, 0.1) is 12.8 Å². The van der Waals surface area contributed by atoms with E-state index in [4.69, 9.17) is 10.00 Å². The molecule has 0 amide bonds. The second-order valence-corrected chi connectivity index (χ2v) is 4.73. The summed E-state index contributed by atoms with van der Waals surface area (Å²) in [6.07, 6.45) is 0. The summed E-state index contributed by atoms with van der Waals surface area (Å²) in [5, 5.41) is 27.4. The zero-order chi connectivity index (χ0) is 17.0. The minimum absolute atomic E-state index is 0.0478. The third kappa shape index (κ3) is 3.06. The Hall–Kier alpha value is -3.14. The molecule has 1 aromatic carbocycles. The summed E-state index contributed by atoms with van der Waals surface area (Å²) in [5.74, 6) is 0.389. The molecule has 0 radical (unpaired) electrons. The standard InChI is InChI=1S/C16H16N4O3/c1-4-20-15(21)13(9-17)10(2)14(16(20)22)19-18-11-5-7-12(23-3)8-6-11/h5-8,22H,4H2,1-3H3. The number of pyridine rings is 1. The van der Waals surface area contributed by atoms with Crippen molar-refractivity contribution >= 4 is 11.4 Å². The maximum atomic E-state index is 12.1. The second-order valence-electron chi connectivity index (χ2n) is 4.73. The maximum Gasteiger partial charge on any atom is 0.271 e. The molecule has 7 heteroatoms. The number of aromatic nitrogens is 1. The summed E-state index contributed by atoms with van der Waals surface area (Å²) in [4.78, 5) is 12.1. The first-order chi connectivity index (χ1) is 11.0. The largest absolute Gasteiger partial charge is 0.497 e. The minimum atomic E-state index is -0.534. The van der Waals surface area contributed by atoms with Gasteiger partial charge in [-0.3, -0.25) is 9.36 Å². The molecule has 0 fully saturated rings. The van der Waals surface area contributed by atoms with E-state index in [0.717, 1.165) is 4.57 Å². The summed E-state index contributed by atoms with van der Waals surface area (Å²) >= 11 is 0. The van der Waals surface area contributed by atoms with E-state index in [1.54, 1.807) is 45.2 Å². The summed E-state index contributed by atoms with van der Waals surface area (Å²) in [5.41, 5.74) is 0.384. The van der Waals surface area contributed by atoms with Crippen molar-refractivity contribution in [3.05, 3.63) is 45.7 Å². The van der Waals surface area contributed by atoms with Crippen LogP contribution in [0.15, 0.2) is 39.3 Å². The van der Waals surface area contributed by atoms with E-state index in [-0.39, 0.29) is 23.7 Å². The predicted molar refractivity (Wildman–Crippen MR) is 84.7 cm³/mol. The van der Waals surface area contributed by atoms with Crippen molar-refractivity contribution in [3.63, 3.8) is 0 Å². The highest BCUT2D eigenvalue weighted by atomic mass is 16.5. The average Bonchev–Trinajstić information content (AvgIpc) is 2.56. The SMILES string of the molecule is CCn1c(O)c(N=Nc2ccc(OC)cc2)c(C)c(C#N)c1=O. The lowest BCUT2D eigenvalue weighted by molar-refractivity contribution is 0.412. The zero-order valence-corrected chi connectivity index (χ0v) is 13.1. The molecule has 2 aromatic rings. The molecule has 7 nitrogen and oxygen atoms in total. The quantitative estimate of drug-likeness (QED) is 0.876. The molecule has 0 atom stereocenters. The predicted octanol–water partition coefficient (Wildman–Crippen LogP) is 3.18. The van der Waals surface area contributed by atoms with E-state index in [1.165, 1.54) is 0 Å². The van der Waals surface area contributed by atoms with Gasteiger partial charge in [-0.25, -0.2) is 0 Å². The Morgan fingerprint density at radius 3 is 2.48 bits per heavy atom. The number of nitriles is 1. The summed E-state index contributed by atoms with van der Waals surface area (Å²) in [6, 6.07) is 8.73. The van der Waals surface area contributed by atoms with Crippen molar-refractivity contribution < 1.29 is 9.84 Å². The molecule has 0 aliphatic heterocycles. The van der Waals surface area contributed by atoms with Crippen LogP contribution >= 0.6 is 0 Å². The van der Waals surface area contributed by atoms with Gasteiger partial charge in [-0.2, -0.15) is 10.4 Å². The normalized spacial score (nSPS) is 10.7. The lowest BCUT2D eigenvalue weighted by Crippen LogP contribution is -2.23. The summed E-state index contributed by atoms with van der Waals surface area (Å²) in [6.45, 7) is 3.48. The van der Waals surface area contributed by atoms with Crippen LogP contribution in [0.1, 0.15) is 18.1 Å². The fraction of sp³-hybridized carbons (Fsp3) is 0.250. The van der Waals surface area contributed by atoms with Crippen LogP contribution in [0.25, 0.3) is 0 Å². The molecule has 0 saturated carbocycles. The van der Waals surface area contributed by atoms with Crippen molar-refractivity contribution in [2.24, 2.45) is 10.2 Å². The van der Waals surface area contributed by atoms with E-state index in [2.05, 4.69) is 10.2 Å². The van der Waals surface area contributed by atoms with Crippen LogP contribution in [-0.2, 0) is 6.54 Å². The molecular formula is C16H16N4O3. The fourth-order valence-electron chi connectivity index (χ4n) is 2.11. The zero-order valence-electron chi connectivity index (χ0n) is 13.1. The average molecular weight is 312 g/mol. The van der Waals surface area contributed by atoms with Crippen LogP contribution < -0.4 is 10.3 Å². The van der Waals surface area contributed by atoms with E-state index in [1.807, 2.05) is 6.07 Å². The van der Waals surface area contributed by atoms with E-state index < -0.39 is 5.56 Å². The molecule has 0 spiro atoms. The summed E-state index contributed by atoms with van der Waals surface area (Å²) < 4.78 is 6.15. The van der Waals surface area contributed by atoms with Gasteiger partial charge in [0.2, 0.25) is 5.88 Å². The summed E-state index contributed by atoms with van der Waals surface area (Å²) in [7, 11) is 1.56. The molecule has 1 N–H and O–H groups in total. The van der Waals surface area contributed by atoms with Gasteiger partial charge in [-0.05, 0) is 38.1 Å². The van der Waals surface area contributed by atoms with E-state index in [9.17, 15) is 9.90 Å². The third-order valence-electron chi connectivity index (χ3n) is 3.42. The van der Waals surface area contributed by atoms with Crippen LogP contribution in [0.2, 0.25) is 0 Å². The first kappa shape index (κ1) is 16.2. The van der Waals surface area contributed by atoms with Gasteiger partial charge in [-0.1, -0.05) is 0 Å². The molecule has 23 heavy (non-hydrogen) atoms. The lowest BCUT2D eigenvalue weighted by Gasteiger charge is -2.11. The smallest absolute Gasteiger partial charge is 0.271 e. The number of rotatable bonds is 4. The number of aromatic hydroxyl groups is 1. The van der Waals surface area contributed by atoms with Gasteiger partial charge in [-0.15, -0.1) is 5.11 Å². The van der Waals surface area contributed by atoms with Crippen molar-refractivity contribution in [3.8, 4) is 17.7 Å². The molecule has 118 valence electrons. The highest BCUT2D eigenvalue weighted by molar-refractivity contribution is 5.59. The Morgan fingerprint density at radius 1 is 1.30 bits per heavy atom. The van der Waals surface area contributed by atoms with Crippen LogP contribution in [0.5, 0.6) is 11.6 Å². The molecule has 0 aliphatic carbocycles. The van der Waals surface area contributed by atoms with Crippen molar-refractivity contribution in [2.75, 3.05) is 7.11 Å². The highest BCUT2D eigenvalue weighted by Crippen LogP contribution is 2.32. The number of nitrogens with zero attached hydrogens (tertiary/aromatic N) is 4. The number of hydrogen-bond acceptors (Lipinski definition) is 6. The molecule has 0 aliphatic rings. The Kier molecular flexibility index (Phi) is 4.76. The number of methoxy groups -OCH3 is 1. The molecule has 0 unspecified atom stereocenters. The van der Waals surface area contributed by atoms with Crippen LogP contribution in [0.4, 0.5) is 11.4 Å². The minimum Gasteiger partial charge on any atom is -0.497 e. The Morgan fingerprint density at radius 2 is 1.96 bits per heavy atom. The molecule has 1 heterocycles. The number of hydrogen-bond donors (Lipinski definition) is 1. The first-order valence-corrected chi connectivity index (χ1v) is 6.95. The number of benzene rings is 1. The Labute approximate surface area is 133 Å².